The lowest BCUT2D eigenvalue weighted by atomic mass is 10.4. The second kappa shape index (κ2) is 69.4. The summed E-state index contributed by atoms with van der Waals surface area (Å²) in [7, 11) is 11.5. The van der Waals surface area contributed by atoms with E-state index in [1.165, 1.54) is 169 Å². The van der Waals surface area contributed by atoms with Crippen LogP contribution in [0.25, 0.3) is 0 Å². The summed E-state index contributed by atoms with van der Waals surface area (Å²) in [6.07, 6.45) is 5.93. The van der Waals surface area contributed by atoms with E-state index < -0.39 is 0 Å². The zero-order valence-electron chi connectivity index (χ0n) is 74.3. The average molecular weight is 1800 g/mol. The number of nitrogens with one attached hydrogen (secondary N) is 1. The molecule has 0 aliphatic heterocycles. The SMILES string of the molecule is CC.CCC[SiH3].CCNCCC[SiH3].COCCC[SiH3].COC[SiH3].COC[SiH3].c1ccc([S+](c2ccccc2)c2ccccc2)cc1.c1ccc([S+](c2ccccc2)c2ccccc2)cc1.c1ccc([S+](c2ccccc2)c2ccccc2)cc1.c1ccc([S+](c2ccccc2)c2ccccc2)cc1.c1ccc([S+](c2ccccc2)c2ccccc2)cc1. The first-order valence-corrected chi connectivity index (χ1v) is 56.2. The van der Waals surface area contributed by atoms with Gasteiger partial charge < -0.3 is 19.5 Å². The number of hydrogen-bond acceptors (Lipinski definition) is 4. The topological polar surface area (TPSA) is 39.7 Å². The predicted octanol–water partition coefficient (Wildman–Crippen LogP) is 22.6. The molecule has 0 heterocycles. The van der Waals surface area contributed by atoms with E-state index in [9.17, 15) is 0 Å². The molecular formula is C108H134NO3S5Si5+5. The molecular weight excluding hydrogens is 1660 g/mol. The number of hydrogen-bond donors (Lipinski definition) is 1. The Hall–Kier alpha value is -9.03. The van der Waals surface area contributed by atoms with E-state index in [2.05, 4.69) is 484 Å². The molecule has 4 nitrogen and oxygen atoms in total. The van der Waals surface area contributed by atoms with Crippen LogP contribution >= 0.6 is 0 Å². The van der Waals surface area contributed by atoms with Crippen molar-refractivity contribution < 1.29 is 14.2 Å². The molecule has 0 aliphatic carbocycles. The summed E-state index contributed by atoms with van der Waals surface area (Å²) in [4.78, 5) is 20.4. The first-order valence-electron chi connectivity index (χ1n) is 43.0. The van der Waals surface area contributed by atoms with E-state index in [1.807, 2.05) is 13.8 Å². The Morgan fingerprint density at radius 2 is 0.328 bits per heavy atom. The molecule has 634 valence electrons. The zero-order valence-corrected chi connectivity index (χ0v) is 88.4. The maximum absolute atomic E-state index is 4.80. The highest BCUT2D eigenvalue weighted by Gasteiger charge is 2.32. The van der Waals surface area contributed by atoms with Crippen molar-refractivity contribution in [2.45, 2.75) is 139 Å². The van der Waals surface area contributed by atoms with Crippen molar-refractivity contribution >= 4 is 106 Å². The molecule has 0 atom stereocenters. The first kappa shape index (κ1) is 104. The van der Waals surface area contributed by atoms with Crippen LogP contribution in [0.1, 0.15) is 47.0 Å². The van der Waals surface area contributed by atoms with Crippen molar-refractivity contribution in [1.82, 2.24) is 5.32 Å². The normalized spacial score (nSPS) is 10.1. The van der Waals surface area contributed by atoms with Crippen LogP contribution in [0, 0.1) is 0 Å². The van der Waals surface area contributed by atoms with Gasteiger partial charge in [0.15, 0.2) is 73.4 Å². The lowest BCUT2D eigenvalue weighted by Crippen LogP contribution is -2.13. The highest BCUT2D eigenvalue weighted by molar-refractivity contribution is 7.98. The minimum Gasteiger partial charge on any atom is -0.389 e. The van der Waals surface area contributed by atoms with Gasteiger partial charge in [-0.25, -0.2) is 0 Å². The number of methoxy groups -OCH3 is 3. The van der Waals surface area contributed by atoms with Crippen molar-refractivity contribution in [3.63, 3.8) is 0 Å². The standard InChI is InChI=1S/5C18H15S.C5H15NSi.C4H12OSi.C3H10Si.2C2H8OSi.C2H6/c5*1-4-10-16(11-5-1)19(17-12-6-2-7-13-17)18-14-8-3-9-15-18;1-2-6-4-3-5-7;1-5-3-2-4-6;1-2-3-4;2*1-3-2-4;1-2/h5*1-15H;6H,2-5H2,1,7H3;2-4H2,1,6H3;2-3H2,1,4H3;2*2H2,1,4H3;1-2H3/q5*+1;;;;;;. The quantitative estimate of drug-likeness (QED) is 0.0352. The Morgan fingerprint density at radius 1 is 0.205 bits per heavy atom. The van der Waals surface area contributed by atoms with E-state index in [0.717, 1.165) is 25.6 Å². The monoisotopic (exact) mass is 1790 g/mol. The molecule has 0 amide bonds. The second-order valence-electron chi connectivity index (χ2n) is 26.4. The van der Waals surface area contributed by atoms with E-state index in [4.69, 9.17) is 4.74 Å². The van der Waals surface area contributed by atoms with Gasteiger partial charge in [-0.2, -0.15) is 0 Å². The van der Waals surface area contributed by atoms with Crippen LogP contribution in [0.15, 0.2) is 528 Å². The van der Waals surface area contributed by atoms with E-state index in [1.54, 1.807) is 21.3 Å². The molecule has 15 aromatic rings. The number of rotatable bonds is 25. The fraction of sp³-hybridized carbons (Fsp3) is 0.167. The van der Waals surface area contributed by atoms with Crippen LogP contribution in [-0.2, 0) is 68.7 Å². The summed E-state index contributed by atoms with van der Waals surface area (Å²) in [5, 5.41) is 3.27. The highest BCUT2D eigenvalue weighted by Crippen LogP contribution is 2.36. The van der Waals surface area contributed by atoms with Gasteiger partial charge in [0, 0.05) is 91.6 Å². The van der Waals surface area contributed by atoms with Crippen molar-refractivity contribution in [3.8, 4) is 0 Å². The summed E-state index contributed by atoms with van der Waals surface area (Å²) in [5.74, 6) is 0. The second-order valence-corrected chi connectivity index (χ2v) is 40.7. The third-order valence-electron chi connectivity index (χ3n) is 17.4. The van der Waals surface area contributed by atoms with Gasteiger partial charge in [-0.15, -0.1) is 0 Å². The van der Waals surface area contributed by atoms with Gasteiger partial charge in [0.2, 0.25) is 0 Å². The fourth-order valence-corrected chi connectivity index (χ4v) is 22.3. The Morgan fingerprint density at radius 3 is 0.402 bits per heavy atom. The van der Waals surface area contributed by atoms with Crippen LogP contribution < -0.4 is 5.32 Å². The van der Waals surface area contributed by atoms with E-state index in [0.29, 0.717) is 0 Å². The number of benzene rings is 15. The molecule has 122 heavy (non-hydrogen) atoms. The smallest absolute Gasteiger partial charge is 0.166 e. The molecule has 0 unspecified atom stereocenters. The van der Waals surface area contributed by atoms with Gasteiger partial charge in [0.1, 0.15) is 0 Å². The van der Waals surface area contributed by atoms with Crippen molar-refractivity contribution in [2.24, 2.45) is 0 Å². The van der Waals surface area contributed by atoms with Gasteiger partial charge >= 0.3 is 0 Å². The number of ether oxygens (including phenoxy) is 3. The fourth-order valence-electron chi connectivity index (χ4n) is 11.2. The van der Waals surface area contributed by atoms with Gasteiger partial charge in [0.05, 0.1) is 54.5 Å². The minimum absolute atomic E-state index is 0.0146. The highest BCUT2D eigenvalue weighted by atomic mass is 32.2. The molecule has 0 radical (unpaired) electrons. The molecule has 0 aliphatic rings. The molecule has 0 saturated heterocycles. The molecule has 0 spiro atoms. The van der Waals surface area contributed by atoms with E-state index in [-0.39, 0.29) is 54.5 Å². The summed E-state index contributed by atoms with van der Waals surface area (Å²) < 4.78 is 14.0. The third-order valence-corrected chi connectivity index (χ3v) is 32.1. The van der Waals surface area contributed by atoms with Crippen LogP contribution in [0.3, 0.4) is 0 Å². The zero-order chi connectivity index (χ0) is 87.2. The summed E-state index contributed by atoms with van der Waals surface area (Å²) >= 11 is 0. The van der Waals surface area contributed by atoms with Crippen LogP contribution in [0.4, 0.5) is 0 Å². The van der Waals surface area contributed by atoms with Gasteiger partial charge in [-0.3, -0.25) is 0 Å². The van der Waals surface area contributed by atoms with Gasteiger partial charge in [0.25, 0.3) is 0 Å². The van der Waals surface area contributed by atoms with Gasteiger partial charge in [-0.05, 0) is 208 Å². The van der Waals surface area contributed by atoms with Crippen LogP contribution in [-0.4, -0.2) is 105 Å². The van der Waals surface area contributed by atoms with Crippen molar-refractivity contribution in [2.75, 3.05) is 53.5 Å². The molecule has 0 fully saturated rings. The third kappa shape index (κ3) is 41.0. The lowest BCUT2D eigenvalue weighted by molar-refractivity contribution is 0.199. The largest absolute Gasteiger partial charge is 0.389 e. The molecule has 15 rings (SSSR count). The maximum atomic E-state index is 4.80. The lowest BCUT2D eigenvalue weighted by Gasteiger charge is -2.07. The Kier molecular flexibility index (Phi) is 58.9. The summed E-state index contributed by atoms with van der Waals surface area (Å²) in [6.45, 7) is 11.7. The summed E-state index contributed by atoms with van der Waals surface area (Å²) in [6, 6.07) is 165. The minimum atomic E-state index is -0.0146. The Labute approximate surface area is 765 Å². The summed E-state index contributed by atoms with van der Waals surface area (Å²) in [5.41, 5.74) is 0. The maximum Gasteiger partial charge on any atom is 0.166 e. The van der Waals surface area contributed by atoms with Gasteiger partial charge in [-0.1, -0.05) is 325 Å². The molecule has 0 saturated carbocycles. The molecule has 1 N–H and O–H groups in total. The predicted molar refractivity (Wildman–Crippen MR) is 557 cm³/mol. The van der Waals surface area contributed by atoms with E-state index >= 15 is 0 Å². The average Bonchev–Trinajstić information content (AvgIpc) is 0.847. The van der Waals surface area contributed by atoms with Crippen LogP contribution in [0.2, 0.25) is 18.1 Å². The molecule has 0 bridgehead atoms. The Bertz CT molecular complexity index is 3630. The Balaban J connectivity index is 0.000000252. The molecule has 0 aromatic heterocycles. The van der Waals surface area contributed by atoms with Crippen molar-refractivity contribution in [3.05, 3.63) is 455 Å². The first-order chi connectivity index (χ1) is 60.3. The van der Waals surface area contributed by atoms with Crippen molar-refractivity contribution in [1.29, 1.82) is 0 Å². The van der Waals surface area contributed by atoms with Crippen LogP contribution in [0.5, 0.6) is 0 Å². The molecule has 14 heteroatoms. The molecule has 15 aromatic carbocycles.